The van der Waals surface area contributed by atoms with Gasteiger partial charge in [0.15, 0.2) is 5.12 Å². The minimum Gasteiger partial charge on any atom is -0.351 e. The molecule has 1 saturated carbocycles. The number of carbonyl (C=O) groups excluding carboxylic acids is 3. The minimum absolute atomic E-state index is 0.0272. The Morgan fingerprint density at radius 2 is 1.75 bits per heavy atom. The number of amides is 2. The highest BCUT2D eigenvalue weighted by molar-refractivity contribution is 8.14. The van der Waals surface area contributed by atoms with E-state index in [-0.39, 0.29) is 29.4 Å². The molecule has 168 valence electrons. The molecule has 1 aliphatic heterocycles. The predicted octanol–water partition coefficient (Wildman–Crippen LogP) is 4.19. The zero-order chi connectivity index (χ0) is 22.5. The molecular weight excluding hydrogens is 422 g/mol. The first kappa shape index (κ1) is 22.5. The summed E-state index contributed by atoms with van der Waals surface area (Å²) in [6.45, 7) is 1.98. The van der Waals surface area contributed by atoms with E-state index in [1.165, 1.54) is 18.2 Å². The number of thioether (sulfide) groups is 1. The lowest BCUT2D eigenvalue weighted by atomic mass is 9.94. The maximum absolute atomic E-state index is 13.8. The summed E-state index contributed by atoms with van der Waals surface area (Å²) in [4.78, 5) is 45.0. The van der Waals surface area contributed by atoms with Crippen LogP contribution in [0.3, 0.4) is 0 Å². The number of aryl methyl sites for hydroxylation is 1. The molecule has 1 N–H and O–H groups in total. The SMILES string of the molecule is Cc1ccc(N(C(=O)[C@@H]2CSC(=O)C2)[C@H](C(=O)NC2CCCCC2)c2ccncc2)cc1. The van der Waals surface area contributed by atoms with Crippen molar-refractivity contribution in [1.29, 1.82) is 0 Å². The number of pyridine rings is 1. The Morgan fingerprint density at radius 3 is 2.38 bits per heavy atom. The van der Waals surface area contributed by atoms with Crippen molar-refractivity contribution >= 4 is 34.4 Å². The van der Waals surface area contributed by atoms with Crippen molar-refractivity contribution in [3.05, 3.63) is 59.9 Å². The van der Waals surface area contributed by atoms with E-state index in [4.69, 9.17) is 0 Å². The van der Waals surface area contributed by atoms with Crippen molar-refractivity contribution in [3.63, 3.8) is 0 Å². The molecule has 0 spiro atoms. The summed E-state index contributed by atoms with van der Waals surface area (Å²) in [5, 5.41) is 3.24. The van der Waals surface area contributed by atoms with Crippen LogP contribution < -0.4 is 10.2 Å². The average Bonchev–Trinajstić information content (AvgIpc) is 3.25. The predicted molar refractivity (Wildman–Crippen MR) is 126 cm³/mol. The lowest BCUT2D eigenvalue weighted by Crippen LogP contribution is -2.49. The van der Waals surface area contributed by atoms with Crippen molar-refractivity contribution in [2.45, 2.75) is 57.5 Å². The van der Waals surface area contributed by atoms with Gasteiger partial charge in [-0.05, 0) is 49.6 Å². The number of carbonyl (C=O) groups is 3. The van der Waals surface area contributed by atoms with Crippen LogP contribution >= 0.6 is 11.8 Å². The molecule has 4 rings (SSSR count). The van der Waals surface area contributed by atoms with E-state index in [1.54, 1.807) is 29.4 Å². The molecule has 2 aromatic rings. The highest BCUT2D eigenvalue weighted by Gasteiger charge is 2.39. The first-order valence-corrected chi connectivity index (χ1v) is 12.3. The van der Waals surface area contributed by atoms with E-state index in [1.807, 2.05) is 31.2 Å². The Labute approximate surface area is 193 Å². The summed E-state index contributed by atoms with van der Waals surface area (Å²) in [6.07, 6.45) is 8.81. The molecular formula is C25H29N3O3S. The van der Waals surface area contributed by atoms with Crippen LogP contribution in [-0.2, 0) is 14.4 Å². The molecule has 1 aromatic heterocycles. The molecule has 0 bridgehead atoms. The molecule has 1 saturated heterocycles. The molecule has 2 fully saturated rings. The van der Waals surface area contributed by atoms with Gasteiger partial charge in [0.1, 0.15) is 6.04 Å². The summed E-state index contributed by atoms with van der Waals surface area (Å²) in [6, 6.07) is 10.5. The smallest absolute Gasteiger partial charge is 0.248 e. The van der Waals surface area contributed by atoms with Gasteiger partial charge >= 0.3 is 0 Å². The number of anilines is 1. The van der Waals surface area contributed by atoms with Crippen LogP contribution in [0.25, 0.3) is 0 Å². The molecule has 2 heterocycles. The summed E-state index contributed by atoms with van der Waals surface area (Å²) in [7, 11) is 0. The molecule has 1 aliphatic carbocycles. The molecule has 2 amide bonds. The number of hydrogen-bond donors (Lipinski definition) is 1. The molecule has 32 heavy (non-hydrogen) atoms. The van der Waals surface area contributed by atoms with Gasteiger partial charge in [0.25, 0.3) is 0 Å². The highest BCUT2D eigenvalue weighted by Crippen LogP contribution is 2.34. The monoisotopic (exact) mass is 451 g/mol. The molecule has 0 unspecified atom stereocenters. The van der Waals surface area contributed by atoms with Gasteiger partial charge in [-0.1, -0.05) is 48.7 Å². The van der Waals surface area contributed by atoms with E-state index in [0.717, 1.165) is 31.2 Å². The van der Waals surface area contributed by atoms with Crippen LogP contribution in [-0.4, -0.2) is 33.7 Å². The maximum atomic E-state index is 13.8. The number of rotatable bonds is 6. The molecule has 1 aromatic carbocycles. The summed E-state index contributed by atoms with van der Waals surface area (Å²) in [5.41, 5.74) is 2.43. The van der Waals surface area contributed by atoms with Gasteiger partial charge in [-0.25, -0.2) is 0 Å². The molecule has 0 radical (unpaired) electrons. The van der Waals surface area contributed by atoms with E-state index in [2.05, 4.69) is 10.3 Å². The van der Waals surface area contributed by atoms with Crippen molar-refractivity contribution in [2.24, 2.45) is 5.92 Å². The first-order valence-electron chi connectivity index (χ1n) is 11.3. The molecule has 6 nitrogen and oxygen atoms in total. The van der Waals surface area contributed by atoms with Gasteiger partial charge in [-0.15, -0.1) is 0 Å². The number of aromatic nitrogens is 1. The second-order valence-corrected chi connectivity index (χ2v) is 9.73. The topological polar surface area (TPSA) is 79.4 Å². The van der Waals surface area contributed by atoms with Crippen LogP contribution in [0.2, 0.25) is 0 Å². The van der Waals surface area contributed by atoms with Crippen LogP contribution in [0.1, 0.15) is 55.7 Å². The fraction of sp³-hybridized carbons (Fsp3) is 0.440. The average molecular weight is 452 g/mol. The van der Waals surface area contributed by atoms with Crippen LogP contribution in [0.4, 0.5) is 5.69 Å². The van der Waals surface area contributed by atoms with Crippen LogP contribution in [0, 0.1) is 12.8 Å². The van der Waals surface area contributed by atoms with Crippen molar-refractivity contribution in [1.82, 2.24) is 10.3 Å². The Kier molecular flexibility index (Phi) is 7.25. The summed E-state index contributed by atoms with van der Waals surface area (Å²) in [5.74, 6) is -0.352. The molecule has 2 aliphatic rings. The lowest BCUT2D eigenvalue weighted by Gasteiger charge is -2.34. The van der Waals surface area contributed by atoms with Crippen molar-refractivity contribution in [3.8, 4) is 0 Å². The standard InChI is InChI=1S/C25H29N3O3S/c1-17-7-9-21(10-8-17)28(25(31)19-15-22(29)32-16-19)23(18-11-13-26-14-12-18)24(30)27-20-5-3-2-4-6-20/h7-14,19-20,23H,2-6,15-16H2,1H3,(H,27,30)/t19-,23-/m0/s1. The van der Waals surface area contributed by atoms with Gasteiger partial charge in [-0.2, -0.15) is 0 Å². The Hall–Kier alpha value is -2.67. The second-order valence-electron chi connectivity index (χ2n) is 8.65. The number of nitrogens with zero attached hydrogens (tertiary/aromatic N) is 2. The summed E-state index contributed by atoms with van der Waals surface area (Å²) >= 11 is 1.20. The van der Waals surface area contributed by atoms with Gasteiger partial charge in [0.05, 0.1) is 5.92 Å². The fourth-order valence-corrected chi connectivity index (χ4v) is 5.43. The van der Waals surface area contributed by atoms with Gasteiger partial charge in [0, 0.05) is 36.3 Å². The number of hydrogen-bond acceptors (Lipinski definition) is 5. The largest absolute Gasteiger partial charge is 0.351 e. The van der Waals surface area contributed by atoms with E-state index < -0.39 is 12.0 Å². The Morgan fingerprint density at radius 1 is 1.06 bits per heavy atom. The third-order valence-electron chi connectivity index (χ3n) is 6.24. The van der Waals surface area contributed by atoms with Crippen molar-refractivity contribution in [2.75, 3.05) is 10.7 Å². The molecule has 2 atom stereocenters. The zero-order valence-corrected chi connectivity index (χ0v) is 19.1. The van der Waals surface area contributed by atoms with Crippen LogP contribution in [0.15, 0.2) is 48.8 Å². The minimum atomic E-state index is -0.823. The van der Waals surface area contributed by atoms with Gasteiger partial charge < -0.3 is 5.32 Å². The van der Waals surface area contributed by atoms with E-state index in [0.29, 0.717) is 17.0 Å². The van der Waals surface area contributed by atoms with Crippen molar-refractivity contribution < 1.29 is 14.4 Å². The zero-order valence-electron chi connectivity index (χ0n) is 18.3. The highest BCUT2D eigenvalue weighted by atomic mass is 32.2. The molecule has 7 heteroatoms. The van der Waals surface area contributed by atoms with Gasteiger partial charge in [0.2, 0.25) is 11.8 Å². The third kappa shape index (κ3) is 5.21. The fourth-order valence-electron chi connectivity index (χ4n) is 4.47. The normalized spacial score (nSPS) is 20.0. The third-order valence-corrected chi connectivity index (χ3v) is 7.30. The summed E-state index contributed by atoms with van der Waals surface area (Å²) < 4.78 is 0. The van der Waals surface area contributed by atoms with E-state index in [9.17, 15) is 14.4 Å². The van der Waals surface area contributed by atoms with E-state index >= 15 is 0 Å². The lowest BCUT2D eigenvalue weighted by molar-refractivity contribution is -0.129. The maximum Gasteiger partial charge on any atom is 0.248 e. The first-order chi connectivity index (χ1) is 15.5. The number of nitrogens with one attached hydrogen (secondary N) is 1. The Bertz CT molecular complexity index is 958. The second kappa shape index (κ2) is 10.3. The number of benzene rings is 1. The Balaban J connectivity index is 1.73. The van der Waals surface area contributed by atoms with Gasteiger partial charge in [-0.3, -0.25) is 24.3 Å². The quantitative estimate of drug-likeness (QED) is 0.712. The van der Waals surface area contributed by atoms with Crippen LogP contribution in [0.5, 0.6) is 0 Å².